The lowest BCUT2D eigenvalue weighted by Crippen LogP contribution is -2.65. The van der Waals surface area contributed by atoms with Crippen LogP contribution in [0.2, 0.25) is 5.02 Å². The van der Waals surface area contributed by atoms with Crippen molar-refractivity contribution in [1.29, 1.82) is 0 Å². The third-order valence-corrected chi connectivity index (χ3v) is 22.9. The van der Waals surface area contributed by atoms with Crippen molar-refractivity contribution in [2.45, 2.75) is 249 Å². The summed E-state index contributed by atoms with van der Waals surface area (Å²) in [6.45, 7) is 8.23. The zero-order valence-corrected chi connectivity index (χ0v) is 62.9. The fourth-order valence-electron chi connectivity index (χ4n) is 16.0. The second-order valence-electron chi connectivity index (χ2n) is 30.3. The van der Waals surface area contributed by atoms with Crippen LogP contribution < -0.4 is 16.0 Å². The summed E-state index contributed by atoms with van der Waals surface area (Å²) in [7, 11) is 8.67. The Morgan fingerprint density at radius 3 is 1.84 bits per heavy atom. The van der Waals surface area contributed by atoms with Crippen molar-refractivity contribution in [3.8, 4) is 0 Å². The van der Waals surface area contributed by atoms with Crippen LogP contribution in [-0.2, 0) is 70.1 Å². The van der Waals surface area contributed by atoms with Crippen LogP contribution in [0.1, 0.15) is 200 Å². The van der Waals surface area contributed by atoms with Gasteiger partial charge in [0, 0.05) is 68.5 Å². The Kier molecular flexibility index (Phi) is 29.9. The second kappa shape index (κ2) is 37.1. The SMILES string of the molecule is CC[C@H](C)[C@@H]1NC(=O)[C@H](CC(C)C)N(C)C(=O)C[C@@H](C(=O)N2CCCCC2)N(C)C(=O)[C@H](C2CCCCC2)N(C)C(=O)C2(CCCC2)NC(=O)[C@@H]2CCCN2C(=O)[C@H](CCc2ccc(C(F)(F)F)c(Cl)c2)NC(=O)CN(C)C(=O)[C@H](CC2CCCCC2)N(C)C(=O)CN(C)C(=O)CN(CC)C1=O. The molecular formula is C74H114ClF3N12O12. The lowest BCUT2D eigenvalue weighted by molar-refractivity contribution is -0.157. The number of hydrogen-bond acceptors (Lipinski definition) is 12. The molecular weight excluding hydrogens is 1340 g/mol. The number of carbonyl (C=O) groups is 12. The number of amides is 12. The first-order valence-electron chi connectivity index (χ1n) is 37.4. The zero-order chi connectivity index (χ0) is 75.1. The van der Waals surface area contributed by atoms with E-state index in [9.17, 15) is 41.9 Å². The summed E-state index contributed by atoms with van der Waals surface area (Å²) in [5.41, 5.74) is -2.33. The van der Waals surface area contributed by atoms with E-state index in [4.69, 9.17) is 11.6 Å². The first-order valence-corrected chi connectivity index (χ1v) is 37.8. The van der Waals surface area contributed by atoms with Crippen molar-refractivity contribution in [2.24, 2.45) is 23.7 Å². The van der Waals surface area contributed by atoms with Crippen molar-refractivity contribution in [3.63, 3.8) is 0 Å². The van der Waals surface area contributed by atoms with Gasteiger partial charge in [0.1, 0.15) is 47.8 Å². The van der Waals surface area contributed by atoms with Gasteiger partial charge in [0.2, 0.25) is 70.9 Å². The number of piperidine rings is 1. The molecule has 3 saturated heterocycles. The monoisotopic (exact) mass is 1450 g/mol. The molecule has 7 rings (SSSR count). The number of halogens is 4. The molecule has 3 N–H and O–H groups in total. The third-order valence-electron chi connectivity index (χ3n) is 22.6. The molecule has 24 nitrogen and oxygen atoms in total. The number of benzene rings is 1. The Morgan fingerprint density at radius 2 is 1.25 bits per heavy atom. The number of rotatable bonds is 12. The Hall–Kier alpha value is -7.06. The molecule has 6 fully saturated rings. The van der Waals surface area contributed by atoms with Crippen LogP contribution in [-0.4, -0.2) is 251 Å². The van der Waals surface area contributed by atoms with Gasteiger partial charge in [0.15, 0.2) is 0 Å². The average molecular weight is 1460 g/mol. The summed E-state index contributed by atoms with van der Waals surface area (Å²) >= 11 is 6.17. The molecule has 3 aliphatic heterocycles. The maximum absolute atomic E-state index is 15.8. The number of nitrogens with zero attached hydrogens (tertiary/aromatic N) is 9. The first-order chi connectivity index (χ1) is 48.2. The smallest absolute Gasteiger partial charge is 0.343 e. The van der Waals surface area contributed by atoms with Crippen LogP contribution in [0, 0.1) is 23.7 Å². The summed E-state index contributed by atoms with van der Waals surface area (Å²) in [6.07, 6.45) is 7.14. The highest BCUT2D eigenvalue weighted by Crippen LogP contribution is 2.39. The third kappa shape index (κ3) is 20.7. The van der Waals surface area contributed by atoms with E-state index in [1.54, 1.807) is 18.7 Å². The van der Waals surface area contributed by atoms with Gasteiger partial charge < -0.3 is 60.0 Å². The summed E-state index contributed by atoms with van der Waals surface area (Å²) in [5.74, 6) is -8.60. The molecule has 570 valence electrons. The number of nitrogens with one attached hydrogen (secondary N) is 3. The molecule has 0 bridgehead atoms. The minimum Gasteiger partial charge on any atom is -0.343 e. The van der Waals surface area contributed by atoms with Gasteiger partial charge in [-0.05, 0) is 132 Å². The van der Waals surface area contributed by atoms with Crippen molar-refractivity contribution in [2.75, 3.05) is 88.1 Å². The maximum Gasteiger partial charge on any atom is 0.417 e. The van der Waals surface area contributed by atoms with E-state index in [0.29, 0.717) is 70.0 Å². The highest BCUT2D eigenvalue weighted by molar-refractivity contribution is 6.31. The molecule has 3 aliphatic carbocycles. The van der Waals surface area contributed by atoms with E-state index in [-0.39, 0.29) is 69.9 Å². The molecule has 28 heteroatoms. The molecule has 6 aliphatic rings. The average Bonchev–Trinajstić information content (AvgIpc) is 1.28. The van der Waals surface area contributed by atoms with Crippen LogP contribution in [0.15, 0.2) is 18.2 Å². The number of aryl methyl sites for hydroxylation is 1. The van der Waals surface area contributed by atoms with E-state index >= 15 is 28.8 Å². The number of carbonyl (C=O) groups excluding carboxylic acids is 12. The van der Waals surface area contributed by atoms with E-state index in [1.165, 1.54) is 77.8 Å². The van der Waals surface area contributed by atoms with Crippen LogP contribution in [0.25, 0.3) is 0 Å². The van der Waals surface area contributed by atoms with Crippen molar-refractivity contribution < 1.29 is 70.7 Å². The largest absolute Gasteiger partial charge is 0.417 e. The molecule has 3 saturated carbocycles. The molecule has 0 unspecified atom stereocenters. The summed E-state index contributed by atoms with van der Waals surface area (Å²) < 4.78 is 41.7. The number of alkyl halides is 3. The molecule has 1 aromatic rings. The normalized spacial score (nSPS) is 26.6. The van der Waals surface area contributed by atoms with Gasteiger partial charge in [0.25, 0.3) is 0 Å². The van der Waals surface area contributed by atoms with Crippen LogP contribution in [0.4, 0.5) is 13.2 Å². The summed E-state index contributed by atoms with van der Waals surface area (Å²) in [5, 5.41) is 8.24. The number of likely N-dealkylation sites (N-methyl/N-ethyl adjacent to an activating group) is 7. The zero-order valence-electron chi connectivity index (χ0n) is 62.1. The molecule has 1 aromatic carbocycles. The Morgan fingerprint density at radius 1 is 0.627 bits per heavy atom. The van der Waals surface area contributed by atoms with Crippen LogP contribution in [0.5, 0.6) is 0 Å². The molecule has 12 amide bonds. The summed E-state index contributed by atoms with van der Waals surface area (Å²) in [4.78, 5) is 192. The van der Waals surface area contributed by atoms with Crippen molar-refractivity contribution >= 4 is 82.5 Å². The quantitative estimate of drug-likeness (QED) is 0.195. The second-order valence-corrected chi connectivity index (χ2v) is 30.7. The van der Waals surface area contributed by atoms with Gasteiger partial charge in [-0.15, -0.1) is 0 Å². The molecule has 3 heterocycles. The fraction of sp³-hybridized carbons (Fsp3) is 0.757. The van der Waals surface area contributed by atoms with Crippen LogP contribution >= 0.6 is 11.6 Å². The molecule has 0 radical (unpaired) electrons. The summed E-state index contributed by atoms with van der Waals surface area (Å²) in [6, 6.07) is -5.51. The standard InChI is InChI=1S/C74H114ClF3N12O12/c1-12-48(5)63-70(100)88(13-2)46-61(93)82(6)45-62(94)85(9)57(42-49-26-17-14-18-27-49)68(98)83(7)44-59(91)79-54(34-32-50-31-33-52(53(75)41-50)74(76,77)78)67(97)90-39-25-30-55(90)66(96)81-73(35-21-22-36-73)72(102)87(11)64(51-28-19-15-20-29-51)71(101)86(10)58(69(99)89-37-23-16-24-38-89)43-60(92)84(8)56(40-47(3)4)65(95)80-63/h31,33,41,47-49,51,54-58,63-64H,12-30,32,34-40,42-46H2,1-11H3,(H,79,91)(H,80,95)(H,81,96)/t48-,54-,55-,56-,57-,58-,63-,64-/m0/s1. The van der Waals surface area contributed by atoms with Crippen molar-refractivity contribution in [1.82, 2.24) is 60.0 Å². The predicted molar refractivity (Wildman–Crippen MR) is 378 cm³/mol. The van der Waals surface area contributed by atoms with Gasteiger partial charge in [-0.25, -0.2) is 0 Å². The highest BCUT2D eigenvalue weighted by Gasteiger charge is 2.52. The van der Waals surface area contributed by atoms with E-state index in [0.717, 1.165) is 79.7 Å². The number of hydrogen-bond donors (Lipinski definition) is 3. The Balaban J connectivity index is 1.30. The lowest BCUT2D eigenvalue weighted by atomic mass is 9.81. The number of fused-ring (bicyclic) bond motifs is 1. The maximum atomic E-state index is 15.8. The first kappa shape index (κ1) is 82.2. The fourth-order valence-corrected chi connectivity index (χ4v) is 16.3. The molecule has 1 spiro atoms. The Labute approximate surface area is 605 Å². The molecule has 102 heavy (non-hydrogen) atoms. The molecule has 8 atom stereocenters. The lowest BCUT2D eigenvalue weighted by Gasteiger charge is -2.43. The minimum absolute atomic E-state index is 0.0180. The van der Waals surface area contributed by atoms with Gasteiger partial charge in [0.05, 0.1) is 36.6 Å². The minimum atomic E-state index is -4.76. The van der Waals surface area contributed by atoms with Gasteiger partial charge in [-0.3, -0.25) is 57.5 Å². The van der Waals surface area contributed by atoms with Gasteiger partial charge >= 0.3 is 6.18 Å². The Bertz CT molecular complexity index is 3150. The highest BCUT2D eigenvalue weighted by atomic mass is 35.5. The molecule has 0 aromatic heterocycles. The predicted octanol–water partition coefficient (Wildman–Crippen LogP) is 6.81. The van der Waals surface area contributed by atoms with E-state index < -0.39 is 173 Å². The van der Waals surface area contributed by atoms with Crippen LogP contribution in [0.3, 0.4) is 0 Å². The van der Waals surface area contributed by atoms with Gasteiger partial charge in [-0.1, -0.05) is 116 Å². The van der Waals surface area contributed by atoms with E-state index in [2.05, 4.69) is 16.0 Å². The van der Waals surface area contributed by atoms with E-state index in [1.807, 2.05) is 20.8 Å². The number of likely N-dealkylation sites (tertiary alicyclic amines) is 1. The van der Waals surface area contributed by atoms with Gasteiger partial charge in [-0.2, -0.15) is 13.2 Å². The van der Waals surface area contributed by atoms with Crippen molar-refractivity contribution in [3.05, 3.63) is 34.3 Å². The topological polar surface area (TPSA) is 270 Å².